The van der Waals surface area contributed by atoms with Crippen LogP contribution in [0, 0.1) is 6.92 Å². The Morgan fingerprint density at radius 1 is 1.33 bits per heavy atom. The van der Waals surface area contributed by atoms with E-state index in [-0.39, 0.29) is 11.9 Å². The first-order valence-electron chi connectivity index (χ1n) is 7.49. The van der Waals surface area contributed by atoms with E-state index in [9.17, 15) is 4.79 Å². The van der Waals surface area contributed by atoms with Gasteiger partial charge in [0.1, 0.15) is 11.5 Å². The van der Waals surface area contributed by atoms with Gasteiger partial charge in [0, 0.05) is 18.2 Å². The summed E-state index contributed by atoms with van der Waals surface area (Å²) in [6.45, 7) is 3.82. The van der Waals surface area contributed by atoms with Crippen molar-refractivity contribution < 1.29 is 9.21 Å². The maximum atomic E-state index is 12.6. The van der Waals surface area contributed by atoms with Crippen molar-refractivity contribution in [3.8, 4) is 0 Å². The number of furan rings is 1. The van der Waals surface area contributed by atoms with E-state index in [1.807, 2.05) is 32.0 Å². The Labute approximate surface area is 124 Å². The molecule has 0 saturated carbocycles. The van der Waals surface area contributed by atoms with Crippen LogP contribution in [0.5, 0.6) is 0 Å². The SMILES string of the molecule is Cc1oc2c(c1C(=O)NC(C)c1ccccn1)CCCC2. The molecule has 0 aliphatic heterocycles. The number of nitrogens with zero attached hydrogens (tertiary/aromatic N) is 1. The Kier molecular flexibility index (Phi) is 3.78. The van der Waals surface area contributed by atoms with Gasteiger partial charge in [-0.2, -0.15) is 0 Å². The molecule has 4 nitrogen and oxygen atoms in total. The fraction of sp³-hybridized carbons (Fsp3) is 0.412. The van der Waals surface area contributed by atoms with Crippen molar-refractivity contribution in [2.45, 2.75) is 45.6 Å². The molecule has 110 valence electrons. The van der Waals surface area contributed by atoms with Crippen LogP contribution in [0.3, 0.4) is 0 Å². The number of hydrogen-bond acceptors (Lipinski definition) is 3. The fourth-order valence-corrected chi connectivity index (χ4v) is 2.97. The van der Waals surface area contributed by atoms with Crippen LogP contribution in [-0.2, 0) is 12.8 Å². The number of aryl methyl sites for hydroxylation is 2. The molecule has 2 heterocycles. The smallest absolute Gasteiger partial charge is 0.255 e. The summed E-state index contributed by atoms with van der Waals surface area (Å²) in [5.74, 6) is 1.67. The number of pyridine rings is 1. The summed E-state index contributed by atoms with van der Waals surface area (Å²) in [6, 6.07) is 5.60. The van der Waals surface area contributed by atoms with Gasteiger partial charge in [-0.25, -0.2) is 0 Å². The summed E-state index contributed by atoms with van der Waals surface area (Å²) in [4.78, 5) is 16.9. The number of amides is 1. The van der Waals surface area contributed by atoms with Crippen LogP contribution in [0.15, 0.2) is 28.8 Å². The van der Waals surface area contributed by atoms with Crippen LogP contribution in [0.25, 0.3) is 0 Å². The second kappa shape index (κ2) is 5.72. The number of hydrogen-bond donors (Lipinski definition) is 1. The zero-order chi connectivity index (χ0) is 14.8. The van der Waals surface area contributed by atoms with E-state index >= 15 is 0 Å². The highest BCUT2D eigenvalue weighted by Crippen LogP contribution is 2.29. The number of nitrogens with one attached hydrogen (secondary N) is 1. The van der Waals surface area contributed by atoms with Gasteiger partial charge in [-0.15, -0.1) is 0 Å². The Morgan fingerprint density at radius 2 is 2.14 bits per heavy atom. The molecule has 1 aliphatic rings. The molecule has 0 radical (unpaired) electrons. The monoisotopic (exact) mass is 284 g/mol. The third-order valence-electron chi connectivity index (χ3n) is 4.05. The van der Waals surface area contributed by atoms with Crippen molar-refractivity contribution in [3.63, 3.8) is 0 Å². The lowest BCUT2D eigenvalue weighted by Gasteiger charge is -2.15. The highest BCUT2D eigenvalue weighted by atomic mass is 16.3. The van der Waals surface area contributed by atoms with E-state index in [4.69, 9.17) is 4.42 Å². The minimum atomic E-state index is -0.118. The predicted molar refractivity (Wildman–Crippen MR) is 80.2 cm³/mol. The van der Waals surface area contributed by atoms with Crippen LogP contribution in [0.2, 0.25) is 0 Å². The molecule has 21 heavy (non-hydrogen) atoms. The molecule has 1 amide bonds. The van der Waals surface area contributed by atoms with Gasteiger partial charge >= 0.3 is 0 Å². The lowest BCUT2D eigenvalue weighted by atomic mass is 9.94. The molecule has 0 fully saturated rings. The number of carbonyl (C=O) groups excluding carboxylic acids is 1. The minimum Gasteiger partial charge on any atom is -0.465 e. The average Bonchev–Trinajstić information content (AvgIpc) is 2.83. The van der Waals surface area contributed by atoms with E-state index in [0.717, 1.165) is 54.0 Å². The van der Waals surface area contributed by atoms with Gasteiger partial charge in [-0.05, 0) is 45.2 Å². The van der Waals surface area contributed by atoms with Crippen molar-refractivity contribution in [1.82, 2.24) is 10.3 Å². The topological polar surface area (TPSA) is 55.1 Å². The number of aromatic nitrogens is 1. The molecule has 1 aliphatic carbocycles. The first-order valence-corrected chi connectivity index (χ1v) is 7.49. The van der Waals surface area contributed by atoms with Gasteiger partial charge < -0.3 is 9.73 Å². The van der Waals surface area contributed by atoms with Crippen LogP contribution in [-0.4, -0.2) is 10.9 Å². The Balaban J connectivity index is 1.81. The van der Waals surface area contributed by atoms with Crippen molar-refractivity contribution >= 4 is 5.91 Å². The second-order valence-electron chi connectivity index (χ2n) is 5.59. The molecule has 2 aromatic heterocycles. The summed E-state index contributed by atoms with van der Waals surface area (Å²) >= 11 is 0. The van der Waals surface area contributed by atoms with Crippen molar-refractivity contribution in [1.29, 1.82) is 0 Å². The molecule has 1 unspecified atom stereocenters. The highest BCUT2D eigenvalue weighted by molar-refractivity contribution is 5.97. The summed E-state index contributed by atoms with van der Waals surface area (Å²) in [5.41, 5.74) is 2.69. The lowest BCUT2D eigenvalue weighted by Crippen LogP contribution is -2.28. The van der Waals surface area contributed by atoms with Crippen LogP contribution >= 0.6 is 0 Å². The molecule has 1 N–H and O–H groups in total. The molecule has 0 spiro atoms. The minimum absolute atomic E-state index is 0.0578. The lowest BCUT2D eigenvalue weighted by molar-refractivity contribution is 0.0936. The molecular formula is C17H20N2O2. The molecule has 0 bridgehead atoms. The third-order valence-corrected chi connectivity index (χ3v) is 4.05. The standard InChI is InChI=1S/C17H20N2O2/c1-11(14-8-5-6-10-18-14)19-17(20)16-12(2)21-15-9-4-3-7-13(15)16/h5-6,8,10-11H,3-4,7,9H2,1-2H3,(H,19,20). The normalized spacial score (nSPS) is 15.3. The van der Waals surface area contributed by atoms with Gasteiger partial charge in [-0.3, -0.25) is 9.78 Å². The van der Waals surface area contributed by atoms with E-state index in [1.54, 1.807) is 6.20 Å². The number of carbonyl (C=O) groups is 1. The van der Waals surface area contributed by atoms with Crippen molar-refractivity contribution in [2.24, 2.45) is 0 Å². The van der Waals surface area contributed by atoms with Gasteiger partial charge in [0.2, 0.25) is 0 Å². The van der Waals surface area contributed by atoms with E-state index in [2.05, 4.69) is 10.3 Å². The molecule has 2 aromatic rings. The number of fused-ring (bicyclic) bond motifs is 1. The zero-order valence-electron chi connectivity index (χ0n) is 12.5. The van der Waals surface area contributed by atoms with E-state index in [1.165, 1.54) is 0 Å². The molecule has 4 heteroatoms. The number of rotatable bonds is 3. The summed E-state index contributed by atoms with van der Waals surface area (Å²) in [7, 11) is 0. The summed E-state index contributed by atoms with van der Waals surface area (Å²) in [6.07, 6.45) is 5.89. The molecule has 0 aromatic carbocycles. The predicted octanol–water partition coefficient (Wildman–Crippen LogP) is 3.35. The van der Waals surface area contributed by atoms with Gasteiger partial charge in [0.05, 0.1) is 17.3 Å². The van der Waals surface area contributed by atoms with E-state index < -0.39 is 0 Å². The third kappa shape index (κ3) is 2.71. The first kappa shape index (κ1) is 13.9. The quantitative estimate of drug-likeness (QED) is 0.940. The molecule has 1 atom stereocenters. The molecular weight excluding hydrogens is 264 g/mol. The first-order chi connectivity index (χ1) is 10.2. The maximum Gasteiger partial charge on any atom is 0.255 e. The van der Waals surface area contributed by atoms with Crippen LogP contribution in [0.1, 0.15) is 58.9 Å². The van der Waals surface area contributed by atoms with Gasteiger partial charge in [-0.1, -0.05) is 6.07 Å². The van der Waals surface area contributed by atoms with E-state index in [0.29, 0.717) is 0 Å². The molecule has 3 rings (SSSR count). The summed E-state index contributed by atoms with van der Waals surface area (Å²) in [5, 5.41) is 3.03. The Morgan fingerprint density at radius 3 is 2.90 bits per heavy atom. The summed E-state index contributed by atoms with van der Waals surface area (Å²) < 4.78 is 5.77. The van der Waals surface area contributed by atoms with Crippen molar-refractivity contribution in [2.75, 3.05) is 0 Å². The van der Waals surface area contributed by atoms with Crippen molar-refractivity contribution in [3.05, 3.63) is 52.7 Å². The average molecular weight is 284 g/mol. The second-order valence-corrected chi connectivity index (χ2v) is 5.59. The van der Waals surface area contributed by atoms with Crippen LogP contribution < -0.4 is 5.32 Å². The Bertz CT molecular complexity index is 646. The van der Waals surface area contributed by atoms with Gasteiger partial charge in [0.15, 0.2) is 0 Å². The Hall–Kier alpha value is -2.10. The van der Waals surface area contributed by atoms with Crippen LogP contribution in [0.4, 0.5) is 0 Å². The fourth-order valence-electron chi connectivity index (χ4n) is 2.97. The molecule has 0 saturated heterocycles. The zero-order valence-corrected chi connectivity index (χ0v) is 12.5. The van der Waals surface area contributed by atoms with Gasteiger partial charge in [0.25, 0.3) is 5.91 Å². The maximum absolute atomic E-state index is 12.6. The highest BCUT2D eigenvalue weighted by Gasteiger charge is 2.26. The largest absolute Gasteiger partial charge is 0.465 e.